The van der Waals surface area contributed by atoms with Gasteiger partial charge in [-0.1, -0.05) is 0 Å². The fourth-order valence-corrected chi connectivity index (χ4v) is 7.90. The van der Waals surface area contributed by atoms with Gasteiger partial charge in [0.25, 0.3) is 0 Å². The standard InChI is InChI=1S/C16H37N2O5Si3/c1-9-18(10-2)14-16(26(21-6,22-7)23-8)24-15-17(3)12-11-13-25(19-4)20-5/h14H,9-13,15H2,1-8H3. The van der Waals surface area contributed by atoms with E-state index in [1.54, 1.807) is 35.5 Å². The molecule has 0 aromatic rings. The molecule has 26 heavy (non-hydrogen) atoms. The Balaban J connectivity index is 4.88. The Bertz CT molecular complexity index is 371. The van der Waals surface area contributed by atoms with Gasteiger partial charge in [0.05, 0.1) is 9.52 Å². The molecule has 0 heterocycles. The highest BCUT2D eigenvalue weighted by Crippen LogP contribution is 2.18. The van der Waals surface area contributed by atoms with Crippen LogP contribution in [0.5, 0.6) is 0 Å². The predicted octanol–water partition coefficient (Wildman–Crippen LogP) is 1.35. The average molecular weight is 422 g/mol. The second kappa shape index (κ2) is 14.9. The monoisotopic (exact) mass is 421 g/mol. The van der Waals surface area contributed by atoms with Crippen LogP contribution in [0.1, 0.15) is 20.3 Å². The van der Waals surface area contributed by atoms with Gasteiger partial charge in [0.15, 0.2) is 0 Å². The lowest BCUT2D eigenvalue weighted by atomic mass is 10.5. The molecule has 0 aliphatic carbocycles. The van der Waals surface area contributed by atoms with Crippen LogP contribution < -0.4 is 0 Å². The molecular formula is C16H37N2O5Si3. The summed E-state index contributed by atoms with van der Waals surface area (Å²) < 4.78 is 27.8. The number of rotatable bonds is 16. The third-order valence-corrected chi connectivity index (χ3v) is 10.9. The van der Waals surface area contributed by atoms with Crippen LogP contribution in [-0.2, 0) is 22.1 Å². The fraction of sp³-hybridized carbons (Fsp3) is 0.875. The van der Waals surface area contributed by atoms with Crippen LogP contribution in [0.4, 0.5) is 0 Å². The molecule has 0 amide bonds. The molecule has 0 unspecified atom stereocenters. The number of hydrogen-bond donors (Lipinski definition) is 0. The average Bonchev–Trinajstić information content (AvgIpc) is 2.68. The van der Waals surface area contributed by atoms with E-state index in [4.69, 9.17) is 22.1 Å². The topological polar surface area (TPSA) is 52.6 Å². The summed E-state index contributed by atoms with van der Waals surface area (Å²) in [6.07, 6.45) is 4.18. The minimum Gasteiger partial charge on any atom is -0.397 e. The lowest BCUT2D eigenvalue weighted by Crippen LogP contribution is -2.49. The molecule has 153 valence electrons. The first kappa shape index (κ1) is 26.0. The molecule has 0 aliphatic rings. The van der Waals surface area contributed by atoms with E-state index in [2.05, 4.69) is 36.9 Å². The van der Waals surface area contributed by atoms with Crippen molar-refractivity contribution in [1.82, 2.24) is 9.80 Å². The van der Waals surface area contributed by atoms with Crippen LogP contribution in [0.15, 0.2) is 11.0 Å². The van der Waals surface area contributed by atoms with Crippen molar-refractivity contribution < 1.29 is 22.1 Å². The largest absolute Gasteiger partial charge is 0.529 e. The van der Waals surface area contributed by atoms with Gasteiger partial charge < -0.3 is 31.9 Å². The van der Waals surface area contributed by atoms with Gasteiger partial charge in [0.2, 0.25) is 0 Å². The Kier molecular flexibility index (Phi) is 14.9. The van der Waals surface area contributed by atoms with Crippen LogP contribution in [0.25, 0.3) is 0 Å². The highest BCUT2D eigenvalue weighted by Gasteiger charge is 2.43. The molecule has 0 N–H and O–H groups in total. The SMILES string of the molecule is CCN(C=C([Si]CN(C)CCC[Si](OC)OC)[Si](OC)(OC)OC)CC. The fourth-order valence-electron chi connectivity index (χ4n) is 2.48. The van der Waals surface area contributed by atoms with E-state index in [0.29, 0.717) is 9.52 Å². The first-order valence-corrected chi connectivity index (χ1v) is 13.4. The summed E-state index contributed by atoms with van der Waals surface area (Å²) in [6, 6.07) is 0.986. The van der Waals surface area contributed by atoms with Crippen LogP contribution in [0.2, 0.25) is 6.04 Å². The molecule has 0 atom stereocenters. The highest BCUT2D eigenvalue weighted by molar-refractivity contribution is 6.83. The summed E-state index contributed by atoms with van der Waals surface area (Å²) >= 11 is 0. The normalized spacial score (nSPS) is 13.1. The maximum atomic E-state index is 5.72. The van der Waals surface area contributed by atoms with Crippen molar-refractivity contribution in [3.63, 3.8) is 0 Å². The maximum Gasteiger partial charge on any atom is 0.529 e. The molecule has 0 saturated heterocycles. The quantitative estimate of drug-likeness (QED) is 0.349. The molecule has 0 saturated carbocycles. The van der Waals surface area contributed by atoms with Crippen LogP contribution in [-0.4, -0.2) is 106 Å². The van der Waals surface area contributed by atoms with Crippen molar-refractivity contribution in [2.24, 2.45) is 0 Å². The summed E-state index contributed by atoms with van der Waals surface area (Å²) in [7, 11) is 7.25. The molecule has 0 fully saturated rings. The van der Waals surface area contributed by atoms with Gasteiger partial charge >= 0.3 is 18.1 Å². The Morgan fingerprint density at radius 3 is 1.96 bits per heavy atom. The predicted molar refractivity (Wildman–Crippen MR) is 110 cm³/mol. The maximum absolute atomic E-state index is 5.72. The van der Waals surface area contributed by atoms with Crippen LogP contribution >= 0.6 is 0 Å². The minimum absolute atomic E-state index is 0.559. The number of hydrogen-bond acceptors (Lipinski definition) is 7. The Morgan fingerprint density at radius 2 is 1.54 bits per heavy atom. The van der Waals surface area contributed by atoms with Gasteiger partial charge in [-0.2, -0.15) is 0 Å². The van der Waals surface area contributed by atoms with Crippen molar-refractivity contribution in [2.75, 3.05) is 68.4 Å². The zero-order chi connectivity index (χ0) is 20.0. The van der Waals surface area contributed by atoms with Gasteiger partial charge in [-0.3, -0.25) is 0 Å². The third-order valence-electron chi connectivity index (χ3n) is 4.18. The summed E-state index contributed by atoms with van der Waals surface area (Å²) in [5.41, 5.74) is 0. The molecule has 0 bridgehead atoms. The van der Waals surface area contributed by atoms with Gasteiger partial charge in [-0.15, -0.1) is 0 Å². The van der Waals surface area contributed by atoms with Gasteiger partial charge in [0.1, 0.15) is 0 Å². The van der Waals surface area contributed by atoms with Crippen molar-refractivity contribution in [3.05, 3.63) is 11.0 Å². The van der Waals surface area contributed by atoms with Crippen molar-refractivity contribution in [3.8, 4) is 0 Å². The Labute approximate surface area is 165 Å². The Morgan fingerprint density at radius 1 is 1.00 bits per heavy atom. The summed E-state index contributed by atoms with van der Waals surface area (Å²) in [5.74, 6) is 0. The smallest absolute Gasteiger partial charge is 0.397 e. The van der Waals surface area contributed by atoms with Crippen LogP contribution in [0, 0.1) is 0 Å². The zero-order valence-electron chi connectivity index (χ0n) is 17.8. The van der Waals surface area contributed by atoms with Gasteiger partial charge in [0, 0.05) is 53.5 Å². The van der Waals surface area contributed by atoms with E-state index in [0.717, 1.165) is 43.1 Å². The summed E-state index contributed by atoms with van der Waals surface area (Å²) in [4.78, 5) is 5.73. The molecule has 0 aliphatic heterocycles. The summed E-state index contributed by atoms with van der Waals surface area (Å²) in [5, 5.41) is 0. The molecule has 0 aromatic carbocycles. The summed E-state index contributed by atoms with van der Waals surface area (Å²) in [6.45, 7) is 7.19. The van der Waals surface area contributed by atoms with E-state index >= 15 is 0 Å². The second-order valence-electron chi connectivity index (χ2n) is 5.73. The molecule has 3 radical (unpaired) electrons. The second-order valence-corrected chi connectivity index (χ2v) is 12.4. The third kappa shape index (κ3) is 8.76. The zero-order valence-corrected chi connectivity index (χ0v) is 20.8. The van der Waals surface area contributed by atoms with Crippen LogP contribution in [0.3, 0.4) is 0 Å². The lowest BCUT2D eigenvalue weighted by Gasteiger charge is -2.30. The minimum atomic E-state index is -2.80. The van der Waals surface area contributed by atoms with E-state index in [1.165, 1.54) is 0 Å². The molecule has 10 heteroatoms. The molecule has 0 aromatic heterocycles. The van der Waals surface area contributed by atoms with E-state index < -0.39 is 18.1 Å². The lowest BCUT2D eigenvalue weighted by molar-refractivity contribution is 0.136. The number of nitrogens with zero attached hydrogens (tertiary/aromatic N) is 2. The van der Waals surface area contributed by atoms with Crippen molar-refractivity contribution >= 4 is 27.6 Å². The van der Waals surface area contributed by atoms with Gasteiger partial charge in [-0.25, -0.2) is 0 Å². The van der Waals surface area contributed by atoms with Crippen molar-refractivity contribution in [1.29, 1.82) is 0 Å². The van der Waals surface area contributed by atoms with E-state index in [-0.39, 0.29) is 0 Å². The van der Waals surface area contributed by atoms with Crippen molar-refractivity contribution in [2.45, 2.75) is 26.3 Å². The molecule has 0 spiro atoms. The first-order chi connectivity index (χ1) is 12.5. The Hall–Kier alpha value is -0.0494. The van der Waals surface area contributed by atoms with Gasteiger partial charge in [-0.05, 0) is 52.3 Å². The molecule has 0 rings (SSSR count). The van der Waals surface area contributed by atoms with E-state index in [1.807, 2.05) is 0 Å². The molecular weight excluding hydrogens is 384 g/mol. The molecule has 7 nitrogen and oxygen atoms in total. The highest BCUT2D eigenvalue weighted by atomic mass is 28.4. The first-order valence-electron chi connectivity index (χ1n) is 8.94. The van der Waals surface area contributed by atoms with E-state index in [9.17, 15) is 0 Å².